The topological polar surface area (TPSA) is 58.2 Å². The Hall–Kier alpha value is -1.06. The van der Waals surface area contributed by atoms with Crippen LogP contribution in [0.15, 0.2) is 0 Å². The fourth-order valence-electron chi connectivity index (χ4n) is 3.53. The molecule has 0 unspecified atom stereocenters. The Kier molecular flexibility index (Phi) is 4.40. The second kappa shape index (κ2) is 5.74. The number of nitrogens with one attached hydrogen (secondary N) is 2. The van der Waals surface area contributed by atoms with Crippen molar-refractivity contribution in [1.82, 2.24) is 10.6 Å². The van der Waals surface area contributed by atoms with Crippen molar-refractivity contribution in [3.8, 4) is 0 Å². The summed E-state index contributed by atoms with van der Waals surface area (Å²) in [6.07, 6.45) is 4.64. The van der Waals surface area contributed by atoms with Gasteiger partial charge in [0.05, 0.1) is 0 Å². The second-order valence-corrected chi connectivity index (χ2v) is 7.57. The summed E-state index contributed by atoms with van der Waals surface area (Å²) in [7, 11) is 0. The molecule has 0 aromatic heterocycles. The summed E-state index contributed by atoms with van der Waals surface area (Å²) >= 11 is 0. The zero-order valence-electron chi connectivity index (χ0n) is 13.2. The SMILES string of the molecule is C[C@@H]1CCCC[C@@H]1NC(=O)[C@@H]1C(=O)NC[C@@H]1C(C)(C)C. The zero-order valence-corrected chi connectivity index (χ0v) is 13.2. The van der Waals surface area contributed by atoms with E-state index in [2.05, 4.69) is 38.3 Å². The first-order chi connectivity index (χ1) is 9.30. The second-order valence-electron chi connectivity index (χ2n) is 7.57. The molecule has 0 aromatic carbocycles. The van der Waals surface area contributed by atoms with E-state index in [0.717, 1.165) is 6.42 Å². The Morgan fingerprint density at radius 1 is 1.25 bits per heavy atom. The smallest absolute Gasteiger partial charge is 0.233 e. The molecule has 2 fully saturated rings. The Morgan fingerprint density at radius 2 is 1.90 bits per heavy atom. The third-order valence-corrected chi connectivity index (χ3v) is 5.02. The average molecular weight is 280 g/mol. The van der Waals surface area contributed by atoms with Crippen LogP contribution in [-0.4, -0.2) is 24.4 Å². The maximum absolute atomic E-state index is 12.6. The van der Waals surface area contributed by atoms with Crippen molar-refractivity contribution >= 4 is 11.8 Å². The van der Waals surface area contributed by atoms with Gasteiger partial charge in [0.2, 0.25) is 11.8 Å². The van der Waals surface area contributed by atoms with Crippen molar-refractivity contribution in [2.45, 2.75) is 59.4 Å². The lowest BCUT2D eigenvalue weighted by Gasteiger charge is -2.33. The first-order valence-corrected chi connectivity index (χ1v) is 7.89. The summed E-state index contributed by atoms with van der Waals surface area (Å²) in [6.45, 7) is 9.10. The van der Waals surface area contributed by atoms with Crippen LogP contribution in [0.3, 0.4) is 0 Å². The maximum atomic E-state index is 12.6. The van der Waals surface area contributed by atoms with Gasteiger partial charge in [0.1, 0.15) is 5.92 Å². The zero-order chi connectivity index (χ0) is 14.9. The van der Waals surface area contributed by atoms with Gasteiger partial charge in [-0.15, -0.1) is 0 Å². The molecule has 1 aliphatic heterocycles. The van der Waals surface area contributed by atoms with Crippen LogP contribution in [0.4, 0.5) is 0 Å². The molecule has 0 spiro atoms. The molecule has 2 rings (SSSR count). The van der Waals surface area contributed by atoms with Crippen LogP contribution in [-0.2, 0) is 9.59 Å². The van der Waals surface area contributed by atoms with E-state index in [4.69, 9.17) is 0 Å². The minimum Gasteiger partial charge on any atom is -0.355 e. The molecule has 1 saturated heterocycles. The highest BCUT2D eigenvalue weighted by Crippen LogP contribution is 2.35. The monoisotopic (exact) mass is 280 g/mol. The molecule has 2 amide bonds. The Bertz CT molecular complexity index is 386. The van der Waals surface area contributed by atoms with Crippen molar-refractivity contribution in [2.24, 2.45) is 23.2 Å². The van der Waals surface area contributed by atoms with Gasteiger partial charge in [-0.25, -0.2) is 0 Å². The predicted molar refractivity (Wildman–Crippen MR) is 79.0 cm³/mol. The minimum atomic E-state index is -0.524. The van der Waals surface area contributed by atoms with Crippen molar-refractivity contribution < 1.29 is 9.59 Å². The standard InChI is InChI=1S/C16H28N2O2/c1-10-7-5-6-8-12(10)18-15(20)13-11(16(2,3)4)9-17-14(13)19/h10-13H,5-9H2,1-4H3,(H,17,19)(H,18,20)/t10-,11+,12+,13+/m1/s1. The molecule has 20 heavy (non-hydrogen) atoms. The fraction of sp³-hybridized carbons (Fsp3) is 0.875. The van der Waals surface area contributed by atoms with Gasteiger partial charge in [-0.2, -0.15) is 0 Å². The van der Waals surface area contributed by atoms with Gasteiger partial charge in [0.25, 0.3) is 0 Å². The molecule has 114 valence electrons. The van der Waals surface area contributed by atoms with Crippen LogP contribution in [0.25, 0.3) is 0 Å². The number of carbonyl (C=O) groups excluding carboxylic acids is 2. The lowest BCUT2D eigenvalue weighted by molar-refractivity contribution is -0.136. The van der Waals surface area contributed by atoms with Crippen LogP contribution in [0.5, 0.6) is 0 Å². The van der Waals surface area contributed by atoms with Gasteiger partial charge in [0.15, 0.2) is 0 Å². The molecule has 4 heteroatoms. The predicted octanol–water partition coefficient (Wildman–Crippen LogP) is 2.09. The number of hydrogen-bond donors (Lipinski definition) is 2. The van der Waals surface area contributed by atoms with Gasteiger partial charge >= 0.3 is 0 Å². The summed E-state index contributed by atoms with van der Waals surface area (Å²) in [6, 6.07) is 0.241. The molecule has 0 radical (unpaired) electrons. The molecule has 1 saturated carbocycles. The van der Waals surface area contributed by atoms with Crippen molar-refractivity contribution in [1.29, 1.82) is 0 Å². The Labute approximate surface area is 122 Å². The quantitative estimate of drug-likeness (QED) is 0.761. The highest BCUT2D eigenvalue weighted by molar-refractivity contribution is 6.02. The van der Waals surface area contributed by atoms with Crippen LogP contribution in [0.1, 0.15) is 53.4 Å². The lowest BCUT2D eigenvalue weighted by Crippen LogP contribution is -2.47. The number of amides is 2. The summed E-state index contributed by atoms with van der Waals surface area (Å²) in [5.41, 5.74) is -0.0423. The first-order valence-electron chi connectivity index (χ1n) is 7.89. The van der Waals surface area contributed by atoms with Crippen LogP contribution < -0.4 is 10.6 Å². The fourth-order valence-corrected chi connectivity index (χ4v) is 3.53. The van der Waals surface area contributed by atoms with Gasteiger partial charge in [-0.1, -0.05) is 40.5 Å². The number of rotatable bonds is 2. The van der Waals surface area contributed by atoms with Crippen LogP contribution in [0, 0.1) is 23.2 Å². The summed E-state index contributed by atoms with van der Waals surface area (Å²) in [4.78, 5) is 24.6. The van der Waals surface area contributed by atoms with Gasteiger partial charge in [-0.3, -0.25) is 9.59 Å². The molecular weight excluding hydrogens is 252 g/mol. The van der Waals surface area contributed by atoms with E-state index in [1.54, 1.807) is 0 Å². The molecule has 0 aromatic rings. The molecule has 2 aliphatic rings. The molecule has 0 bridgehead atoms. The molecule has 4 atom stereocenters. The van der Waals surface area contributed by atoms with E-state index >= 15 is 0 Å². The van der Waals surface area contributed by atoms with Gasteiger partial charge < -0.3 is 10.6 Å². The van der Waals surface area contributed by atoms with Gasteiger partial charge in [-0.05, 0) is 24.2 Å². The minimum absolute atomic E-state index is 0.0423. The van der Waals surface area contributed by atoms with Crippen molar-refractivity contribution in [3.63, 3.8) is 0 Å². The molecule has 1 heterocycles. The molecule has 4 nitrogen and oxygen atoms in total. The Balaban J connectivity index is 2.04. The van der Waals surface area contributed by atoms with E-state index in [0.29, 0.717) is 12.5 Å². The highest BCUT2D eigenvalue weighted by Gasteiger charge is 2.46. The summed E-state index contributed by atoms with van der Waals surface area (Å²) in [5, 5.41) is 6.00. The summed E-state index contributed by atoms with van der Waals surface area (Å²) in [5.74, 6) is -0.104. The normalized spacial score (nSPS) is 34.7. The van der Waals surface area contributed by atoms with Crippen molar-refractivity contribution in [3.05, 3.63) is 0 Å². The van der Waals surface area contributed by atoms with E-state index in [1.807, 2.05) is 0 Å². The van der Waals surface area contributed by atoms with E-state index in [1.165, 1.54) is 19.3 Å². The first kappa shape index (κ1) is 15.3. The number of hydrogen-bond acceptors (Lipinski definition) is 2. The summed E-state index contributed by atoms with van der Waals surface area (Å²) < 4.78 is 0. The van der Waals surface area contributed by atoms with Crippen LogP contribution in [0.2, 0.25) is 0 Å². The third kappa shape index (κ3) is 3.15. The van der Waals surface area contributed by atoms with E-state index in [9.17, 15) is 9.59 Å². The van der Waals surface area contributed by atoms with E-state index in [-0.39, 0.29) is 29.2 Å². The molecule has 2 N–H and O–H groups in total. The van der Waals surface area contributed by atoms with Crippen LogP contribution >= 0.6 is 0 Å². The molecule has 1 aliphatic carbocycles. The Morgan fingerprint density at radius 3 is 2.50 bits per heavy atom. The largest absolute Gasteiger partial charge is 0.355 e. The molecular formula is C16H28N2O2. The third-order valence-electron chi connectivity index (χ3n) is 5.02. The average Bonchev–Trinajstić information content (AvgIpc) is 2.74. The maximum Gasteiger partial charge on any atom is 0.233 e. The highest BCUT2D eigenvalue weighted by atomic mass is 16.2. The lowest BCUT2D eigenvalue weighted by atomic mass is 9.74. The van der Waals surface area contributed by atoms with Crippen molar-refractivity contribution in [2.75, 3.05) is 6.54 Å². The number of carbonyl (C=O) groups is 2. The van der Waals surface area contributed by atoms with Gasteiger partial charge in [0, 0.05) is 18.5 Å². The van der Waals surface area contributed by atoms with E-state index < -0.39 is 5.92 Å².